The first-order valence-electron chi connectivity index (χ1n) is 4.95. The van der Waals surface area contributed by atoms with Crippen LogP contribution in [0.25, 0.3) is 0 Å². The van der Waals surface area contributed by atoms with Crippen LogP contribution in [-0.4, -0.2) is 24.1 Å². The number of rotatable bonds is 3. The first-order valence-corrected chi connectivity index (χ1v) is 7.11. The second-order valence-electron chi connectivity index (χ2n) is 5.03. The molecule has 1 saturated heterocycles. The second-order valence-corrected chi connectivity index (χ2v) is 6.27. The maximum absolute atomic E-state index is 3.26. The van der Waals surface area contributed by atoms with Crippen LogP contribution in [0, 0.1) is 11.3 Å². The molecule has 14 heavy (non-hydrogen) atoms. The van der Waals surface area contributed by atoms with Gasteiger partial charge in [0.1, 0.15) is 0 Å². The van der Waals surface area contributed by atoms with Crippen molar-refractivity contribution in [2.75, 3.05) is 13.1 Å². The van der Waals surface area contributed by atoms with Crippen LogP contribution < -0.4 is 7.17 Å². The fourth-order valence-corrected chi connectivity index (χ4v) is 3.03. The lowest BCUT2D eigenvalue weighted by atomic mass is 9.79. The second kappa shape index (κ2) is 5.60. The maximum atomic E-state index is 3.26. The minimum atomic E-state index is 0.422. The largest absolute Gasteiger partial charge is 0.259 e. The number of hydrogen-bond donors (Lipinski definition) is 2. The number of nitrogens with zero attached hydrogens (tertiary/aromatic N) is 1. The average molecular weight is 423 g/mol. The van der Waals surface area contributed by atoms with Crippen molar-refractivity contribution < 1.29 is 0 Å². The van der Waals surface area contributed by atoms with Gasteiger partial charge in [0.05, 0.1) is 0 Å². The van der Waals surface area contributed by atoms with Gasteiger partial charge in [0, 0.05) is 64.9 Å². The van der Waals surface area contributed by atoms with Crippen LogP contribution in [0.3, 0.4) is 0 Å². The van der Waals surface area contributed by atoms with E-state index in [0.717, 1.165) is 19.0 Å². The molecule has 0 saturated carbocycles. The SMILES string of the molecule is CC(C)(C)C1CC(CNI)N(NI)C1. The van der Waals surface area contributed by atoms with E-state index in [2.05, 4.69) is 78.7 Å². The normalized spacial score (nSPS) is 29.8. The van der Waals surface area contributed by atoms with Gasteiger partial charge in [-0.3, -0.25) is 3.53 Å². The Balaban J connectivity index is 2.56. The number of halogens is 2. The van der Waals surface area contributed by atoms with Gasteiger partial charge >= 0.3 is 0 Å². The van der Waals surface area contributed by atoms with Gasteiger partial charge in [0.25, 0.3) is 0 Å². The van der Waals surface area contributed by atoms with E-state index in [1.807, 2.05) is 0 Å². The molecule has 1 rings (SSSR count). The monoisotopic (exact) mass is 423 g/mol. The summed E-state index contributed by atoms with van der Waals surface area (Å²) < 4.78 is 6.49. The molecule has 0 aromatic rings. The van der Waals surface area contributed by atoms with Gasteiger partial charge in [0.2, 0.25) is 0 Å². The van der Waals surface area contributed by atoms with Gasteiger partial charge in [-0.1, -0.05) is 20.8 Å². The van der Waals surface area contributed by atoms with Gasteiger partial charge in [-0.25, -0.2) is 5.01 Å². The van der Waals surface area contributed by atoms with Crippen molar-refractivity contribution >= 4 is 45.7 Å². The fraction of sp³-hybridized carbons (Fsp3) is 1.00. The van der Waals surface area contributed by atoms with Crippen molar-refractivity contribution in [3.05, 3.63) is 0 Å². The number of hydrazine groups is 1. The molecular weight excluding hydrogens is 404 g/mol. The molecule has 0 spiro atoms. The van der Waals surface area contributed by atoms with E-state index in [9.17, 15) is 0 Å². The number of nitrogens with one attached hydrogen (secondary N) is 2. The standard InChI is InChI=1S/C9H19I2N3/c1-9(2,3)7-4-8(5-12-10)14(6-7)13-11/h7-8,12-13H,4-6H2,1-3H3. The highest BCUT2D eigenvalue weighted by Gasteiger charge is 2.37. The Bertz CT molecular complexity index is 181. The first kappa shape index (κ1) is 13.4. The van der Waals surface area contributed by atoms with Gasteiger partial charge in [-0.2, -0.15) is 3.64 Å². The predicted octanol–water partition coefficient (Wildman–Crippen LogP) is 2.52. The lowest BCUT2D eigenvalue weighted by Gasteiger charge is -2.26. The Kier molecular flexibility index (Phi) is 5.37. The van der Waals surface area contributed by atoms with Crippen molar-refractivity contribution in [1.82, 2.24) is 12.2 Å². The summed E-state index contributed by atoms with van der Waals surface area (Å²) in [6, 6.07) is 0.632. The van der Waals surface area contributed by atoms with Crippen LogP contribution in [0.2, 0.25) is 0 Å². The van der Waals surface area contributed by atoms with Crippen molar-refractivity contribution in [1.29, 1.82) is 0 Å². The quantitative estimate of drug-likeness (QED) is 0.540. The summed E-state index contributed by atoms with van der Waals surface area (Å²) in [6.07, 6.45) is 1.29. The molecule has 2 atom stereocenters. The molecule has 0 aromatic carbocycles. The minimum absolute atomic E-state index is 0.422. The van der Waals surface area contributed by atoms with E-state index in [1.165, 1.54) is 6.42 Å². The lowest BCUT2D eigenvalue weighted by molar-refractivity contribution is 0.211. The highest BCUT2D eigenvalue weighted by Crippen LogP contribution is 2.35. The molecule has 1 fully saturated rings. The molecule has 0 aliphatic carbocycles. The summed E-state index contributed by atoms with van der Waals surface area (Å²) in [7, 11) is 0. The van der Waals surface area contributed by atoms with Crippen LogP contribution >= 0.6 is 45.7 Å². The van der Waals surface area contributed by atoms with Crippen LogP contribution in [0.5, 0.6) is 0 Å². The van der Waals surface area contributed by atoms with Gasteiger partial charge < -0.3 is 0 Å². The van der Waals surface area contributed by atoms with E-state index in [1.54, 1.807) is 0 Å². The van der Waals surface area contributed by atoms with Crippen molar-refractivity contribution in [3.8, 4) is 0 Å². The Morgan fingerprint density at radius 1 is 1.36 bits per heavy atom. The highest BCUT2D eigenvalue weighted by molar-refractivity contribution is 14.1. The molecule has 1 aliphatic rings. The van der Waals surface area contributed by atoms with Crippen molar-refractivity contribution in [3.63, 3.8) is 0 Å². The molecule has 84 valence electrons. The van der Waals surface area contributed by atoms with Crippen molar-refractivity contribution in [2.24, 2.45) is 11.3 Å². The Morgan fingerprint density at radius 3 is 2.43 bits per heavy atom. The van der Waals surface area contributed by atoms with Gasteiger partial charge in [-0.15, -0.1) is 0 Å². The zero-order valence-corrected chi connectivity index (χ0v) is 13.3. The molecule has 1 aliphatic heterocycles. The van der Waals surface area contributed by atoms with E-state index in [4.69, 9.17) is 0 Å². The van der Waals surface area contributed by atoms with Crippen LogP contribution in [0.4, 0.5) is 0 Å². The third-order valence-electron chi connectivity index (χ3n) is 3.06. The Labute approximate surface area is 115 Å². The zero-order chi connectivity index (χ0) is 10.8. The van der Waals surface area contributed by atoms with Crippen molar-refractivity contribution in [2.45, 2.75) is 33.2 Å². The molecule has 0 bridgehead atoms. The van der Waals surface area contributed by atoms with E-state index in [0.29, 0.717) is 11.5 Å². The Hall–Kier alpha value is 1.34. The van der Waals surface area contributed by atoms with E-state index in [-0.39, 0.29) is 0 Å². The summed E-state index contributed by atoms with van der Waals surface area (Å²) in [5.74, 6) is 0.791. The molecule has 3 nitrogen and oxygen atoms in total. The third kappa shape index (κ3) is 3.43. The molecule has 0 radical (unpaired) electrons. The van der Waals surface area contributed by atoms with Crippen LogP contribution in [0.1, 0.15) is 27.2 Å². The summed E-state index contributed by atoms with van der Waals surface area (Å²) in [5, 5.41) is 2.35. The van der Waals surface area contributed by atoms with Crippen LogP contribution in [-0.2, 0) is 0 Å². The van der Waals surface area contributed by atoms with E-state index >= 15 is 0 Å². The molecule has 2 N–H and O–H groups in total. The Morgan fingerprint density at radius 2 is 2.00 bits per heavy atom. The fourth-order valence-electron chi connectivity index (χ4n) is 1.93. The molecule has 1 heterocycles. The highest BCUT2D eigenvalue weighted by atomic mass is 127. The van der Waals surface area contributed by atoms with E-state index < -0.39 is 0 Å². The molecule has 0 amide bonds. The van der Waals surface area contributed by atoms with Gasteiger partial charge in [-0.05, 0) is 17.8 Å². The maximum Gasteiger partial charge on any atom is 0.0387 e. The summed E-state index contributed by atoms with van der Waals surface area (Å²) >= 11 is 4.45. The molecule has 2 unspecified atom stereocenters. The lowest BCUT2D eigenvalue weighted by Crippen LogP contribution is -2.40. The first-order chi connectivity index (χ1) is 6.49. The molecule has 0 aromatic heterocycles. The molecule has 5 heteroatoms. The smallest absolute Gasteiger partial charge is 0.0387 e. The minimum Gasteiger partial charge on any atom is -0.259 e. The zero-order valence-electron chi connectivity index (χ0n) is 8.98. The van der Waals surface area contributed by atoms with Crippen LogP contribution in [0.15, 0.2) is 0 Å². The number of hydrogen-bond acceptors (Lipinski definition) is 3. The topological polar surface area (TPSA) is 27.3 Å². The third-order valence-corrected chi connectivity index (χ3v) is 4.12. The van der Waals surface area contributed by atoms with Gasteiger partial charge in [0.15, 0.2) is 0 Å². The average Bonchev–Trinajstić information content (AvgIpc) is 2.47. The summed E-state index contributed by atoms with van der Waals surface area (Å²) in [6.45, 7) is 9.23. The molecular formula is C9H19I2N3. The summed E-state index contributed by atoms with van der Waals surface area (Å²) in [4.78, 5) is 0. The predicted molar refractivity (Wildman–Crippen MR) is 77.2 cm³/mol. The summed E-state index contributed by atoms with van der Waals surface area (Å²) in [5.41, 5.74) is 0.422.